The molecule has 0 saturated carbocycles. The second-order valence-corrected chi connectivity index (χ2v) is 8.92. The third-order valence-corrected chi connectivity index (χ3v) is 6.64. The first-order valence-electron chi connectivity index (χ1n) is 11.7. The lowest BCUT2D eigenvalue weighted by molar-refractivity contribution is -0.106. The van der Waals surface area contributed by atoms with Gasteiger partial charge in [-0.25, -0.2) is 4.99 Å². The molecule has 174 valence electrons. The Bertz CT molecular complexity index is 707. The van der Waals surface area contributed by atoms with Gasteiger partial charge in [-0.1, -0.05) is 6.92 Å². The van der Waals surface area contributed by atoms with Crippen molar-refractivity contribution >= 4 is 12.2 Å². The van der Waals surface area contributed by atoms with Crippen molar-refractivity contribution in [3.05, 3.63) is 22.8 Å². The molecule has 1 aliphatic carbocycles. The Morgan fingerprint density at radius 3 is 2.77 bits per heavy atom. The van der Waals surface area contributed by atoms with Crippen LogP contribution in [0, 0.1) is 0 Å². The maximum atomic E-state index is 11.8. The van der Waals surface area contributed by atoms with Gasteiger partial charge in [0.25, 0.3) is 0 Å². The molecule has 1 fully saturated rings. The van der Waals surface area contributed by atoms with Gasteiger partial charge in [0.15, 0.2) is 0 Å². The molecule has 0 aromatic carbocycles. The Morgan fingerprint density at radius 2 is 2.06 bits per heavy atom. The third-order valence-electron chi connectivity index (χ3n) is 6.64. The number of carbonyl (C=O) groups is 1. The molecule has 0 spiro atoms. The van der Waals surface area contributed by atoms with E-state index in [0.717, 1.165) is 70.4 Å². The van der Waals surface area contributed by atoms with Crippen molar-refractivity contribution in [3.8, 4) is 0 Å². The van der Waals surface area contributed by atoms with Crippen molar-refractivity contribution in [2.45, 2.75) is 70.6 Å². The highest BCUT2D eigenvalue weighted by molar-refractivity contribution is 5.95. The number of aldehydes is 1. The number of dihydropyridines is 1. The Kier molecular flexibility index (Phi) is 8.84. The number of hydrogen-bond donors (Lipinski definition) is 1. The lowest BCUT2D eigenvalue weighted by Gasteiger charge is -2.33. The van der Waals surface area contributed by atoms with E-state index in [1.54, 1.807) is 6.08 Å². The summed E-state index contributed by atoms with van der Waals surface area (Å²) in [6.07, 6.45) is 6.89. The van der Waals surface area contributed by atoms with Gasteiger partial charge >= 0.3 is 0 Å². The van der Waals surface area contributed by atoms with Gasteiger partial charge in [-0.2, -0.15) is 0 Å². The molecular formula is C24H38N2O5. The molecule has 3 atom stereocenters. The zero-order valence-corrected chi connectivity index (χ0v) is 19.3. The van der Waals surface area contributed by atoms with Crippen molar-refractivity contribution in [3.63, 3.8) is 0 Å². The summed E-state index contributed by atoms with van der Waals surface area (Å²) in [5.74, 6) is 0.495. The van der Waals surface area contributed by atoms with Gasteiger partial charge in [-0.3, -0.25) is 9.69 Å². The molecule has 0 aromatic rings. The van der Waals surface area contributed by atoms with E-state index in [1.165, 1.54) is 5.57 Å². The van der Waals surface area contributed by atoms with Gasteiger partial charge in [-0.05, 0) is 57.1 Å². The first-order chi connectivity index (χ1) is 14.9. The van der Waals surface area contributed by atoms with Gasteiger partial charge in [0, 0.05) is 31.3 Å². The maximum absolute atomic E-state index is 11.8. The first-order valence-corrected chi connectivity index (χ1v) is 11.7. The van der Waals surface area contributed by atoms with E-state index in [4.69, 9.17) is 14.2 Å². The molecule has 0 amide bonds. The number of ether oxygens (including phenoxy) is 3. The largest absolute Gasteiger partial charge is 0.477 e. The zero-order valence-electron chi connectivity index (χ0n) is 19.3. The predicted octanol–water partition coefficient (Wildman–Crippen LogP) is 2.68. The average molecular weight is 435 g/mol. The third kappa shape index (κ3) is 6.48. The quantitative estimate of drug-likeness (QED) is 0.444. The molecule has 0 aromatic heterocycles. The number of aliphatic imine (C=N–C) groups is 1. The van der Waals surface area contributed by atoms with Gasteiger partial charge in [0.05, 0.1) is 31.5 Å². The monoisotopic (exact) mass is 434 g/mol. The summed E-state index contributed by atoms with van der Waals surface area (Å²) >= 11 is 0. The second kappa shape index (κ2) is 11.4. The first kappa shape index (κ1) is 24.1. The number of nitrogens with zero attached hydrogens (tertiary/aromatic N) is 2. The zero-order chi connectivity index (χ0) is 22.3. The fraction of sp³-hybridized carbons (Fsp3) is 0.750. The van der Waals surface area contributed by atoms with Crippen LogP contribution in [-0.2, 0) is 19.0 Å². The second-order valence-electron chi connectivity index (χ2n) is 8.92. The fourth-order valence-corrected chi connectivity index (χ4v) is 4.51. The van der Waals surface area contributed by atoms with Gasteiger partial charge in [-0.15, -0.1) is 0 Å². The molecule has 1 saturated heterocycles. The van der Waals surface area contributed by atoms with Crippen molar-refractivity contribution < 1.29 is 24.1 Å². The average Bonchev–Trinajstić information content (AvgIpc) is 2.79. The van der Waals surface area contributed by atoms with Crippen LogP contribution < -0.4 is 0 Å². The summed E-state index contributed by atoms with van der Waals surface area (Å²) in [5, 5.41) is 10.8. The molecule has 2 heterocycles. The lowest BCUT2D eigenvalue weighted by Crippen LogP contribution is -2.39. The highest BCUT2D eigenvalue weighted by atomic mass is 16.5. The Hall–Kier alpha value is -1.54. The number of morpholine rings is 1. The molecule has 1 N–H and O–H groups in total. The van der Waals surface area contributed by atoms with Crippen molar-refractivity contribution in [2.24, 2.45) is 4.99 Å². The smallest absolute Gasteiger partial charge is 0.209 e. The lowest BCUT2D eigenvalue weighted by atomic mass is 9.81. The molecule has 0 radical (unpaired) electrons. The Labute approximate surface area is 186 Å². The highest BCUT2D eigenvalue weighted by Gasteiger charge is 2.31. The summed E-state index contributed by atoms with van der Waals surface area (Å²) in [5.41, 5.74) is 2.05. The van der Waals surface area contributed by atoms with Crippen LogP contribution in [0.15, 0.2) is 27.8 Å². The van der Waals surface area contributed by atoms with Gasteiger partial charge in [0.2, 0.25) is 5.90 Å². The van der Waals surface area contributed by atoms with E-state index < -0.39 is 11.7 Å². The minimum Gasteiger partial charge on any atom is -0.477 e. The molecule has 2 aliphatic heterocycles. The van der Waals surface area contributed by atoms with E-state index in [0.29, 0.717) is 31.1 Å². The van der Waals surface area contributed by atoms with E-state index in [2.05, 4.69) is 9.89 Å². The SMILES string of the molecule is CCC(C)(O)C1=C(COC2C(C=O)=CC(OCCN3CCOCC3)=NC2C)CCCC1. The van der Waals surface area contributed by atoms with Crippen LogP contribution in [0.4, 0.5) is 0 Å². The number of carbonyl (C=O) groups excluding carboxylic acids is 1. The minimum atomic E-state index is -0.791. The standard InChI is InChI=1S/C24H38N2O5/c1-4-24(3,28)21-8-6-5-7-19(21)17-31-23-18(2)25-22(15-20(23)16-27)30-14-11-26-9-12-29-13-10-26/h15-16,18,23,28H,4-14,17H2,1-3H3. The number of aliphatic hydroxyl groups is 1. The minimum absolute atomic E-state index is 0.206. The van der Waals surface area contributed by atoms with E-state index >= 15 is 0 Å². The molecule has 7 heteroatoms. The van der Waals surface area contributed by atoms with E-state index in [9.17, 15) is 9.90 Å². The summed E-state index contributed by atoms with van der Waals surface area (Å²) < 4.78 is 17.4. The van der Waals surface area contributed by atoms with Crippen LogP contribution in [0.5, 0.6) is 0 Å². The van der Waals surface area contributed by atoms with Gasteiger partial charge < -0.3 is 19.3 Å². The summed E-state index contributed by atoms with van der Waals surface area (Å²) in [6.45, 7) is 11.0. The van der Waals surface area contributed by atoms with Crippen LogP contribution in [0.3, 0.4) is 0 Å². The van der Waals surface area contributed by atoms with E-state index in [1.807, 2.05) is 20.8 Å². The molecule has 3 aliphatic rings. The summed E-state index contributed by atoms with van der Waals surface area (Å²) in [4.78, 5) is 18.7. The fourth-order valence-electron chi connectivity index (χ4n) is 4.51. The molecule has 3 rings (SSSR count). The summed E-state index contributed by atoms with van der Waals surface area (Å²) in [7, 11) is 0. The van der Waals surface area contributed by atoms with Crippen LogP contribution in [0.25, 0.3) is 0 Å². The van der Waals surface area contributed by atoms with Crippen LogP contribution in [0.1, 0.15) is 52.9 Å². The number of rotatable bonds is 9. The number of hydrogen-bond acceptors (Lipinski definition) is 7. The molecular weight excluding hydrogens is 396 g/mol. The van der Waals surface area contributed by atoms with E-state index in [-0.39, 0.29) is 6.04 Å². The van der Waals surface area contributed by atoms with Crippen LogP contribution in [-0.4, -0.2) is 86.0 Å². The van der Waals surface area contributed by atoms with Gasteiger partial charge in [0.1, 0.15) is 19.0 Å². The molecule has 3 unspecified atom stereocenters. The Balaban J connectivity index is 1.58. The molecule has 31 heavy (non-hydrogen) atoms. The molecule has 7 nitrogen and oxygen atoms in total. The molecule has 0 bridgehead atoms. The van der Waals surface area contributed by atoms with Crippen LogP contribution >= 0.6 is 0 Å². The Morgan fingerprint density at radius 1 is 1.32 bits per heavy atom. The highest BCUT2D eigenvalue weighted by Crippen LogP contribution is 2.35. The van der Waals surface area contributed by atoms with Crippen molar-refractivity contribution in [1.82, 2.24) is 4.90 Å². The normalized spacial score (nSPS) is 27.4. The predicted molar refractivity (Wildman–Crippen MR) is 120 cm³/mol. The van der Waals surface area contributed by atoms with Crippen molar-refractivity contribution in [1.29, 1.82) is 0 Å². The maximum Gasteiger partial charge on any atom is 0.209 e. The summed E-state index contributed by atoms with van der Waals surface area (Å²) in [6, 6.07) is -0.206. The van der Waals surface area contributed by atoms with Crippen molar-refractivity contribution in [2.75, 3.05) is 46.1 Å². The topological polar surface area (TPSA) is 80.6 Å². The van der Waals surface area contributed by atoms with Crippen LogP contribution in [0.2, 0.25) is 0 Å².